The lowest BCUT2D eigenvalue weighted by Gasteiger charge is -2.38. The van der Waals surface area contributed by atoms with Crippen molar-refractivity contribution in [1.29, 1.82) is 0 Å². The van der Waals surface area contributed by atoms with Gasteiger partial charge in [0, 0.05) is 63.1 Å². The minimum absolute atomic E-state index is 0. The van der Waals surface area contributed by atoms with Crippen LogP contribution in [0.3, 0.4) is 0 Å². The summed E-state index contributed by atoms with van der Waals surface area (Å²) in [6, 6.07) is 8.81. The van der Waals surface area contributed by atoms with Crippen LogP contribution in [0, 0.1) is 0 Å². The molecule has 2 fully saturated rings. The summed E-state index contributed by atoms with van der Waals surface area (Å²) in [5.74, 6) is 0.162. The number of piperazine rings is 1. The van der Waals surface area contributed by atoms with Crippen LogP contribution < -0.4 is 10.2 Å². The highest BCUT2D eigenvalue weighted by Gasteiger charge is 2.20. The monoisotopic (exact) mass is 402 g/mol. The number of amides is 1. The summed E-state index contributed by atoms with van der Waals surface area (Å²) in [6.45, 7) is 12.4. The van der Waals surface area contributed by atoms with E-state index < -0.39 is 0 Å². The molecular formula is C19H32Cl2N4O. The topological polar surface area (TPSA) is 38.8 Å². The van der Waals surface area contributed by atoms with E-state index in [0.29, 0.717) is 6.04 Å². The molecule has 0 saturated carbocycles. The number of carbonyl (C=O) groups excluding carboxylic acids is 1. The summed E-state index contributed by atoms with van der Waals surface area (Å²) < 4.78 is 0. The summed E-state index contributed by atoms with van der Waals surface area (Å²) >= 11 is 0. The van der Waals surface area contributed by atoms with Crippen molar-refractivity contribution in [2.45, 2.75) is 26.3 Å². The van der Waals surface area contributed by atoms with Gasteiger partial charge in [-0.3, -0.25) is 9.69 Å². The van der Waals surface area contributed by atoms with Gasteiger partial charge in [0.2, 0.25) is 0 Å². The molecule has 2 aliphatic heterocycles. The average Bonchev–Trinajstić information content (AvgIpc) is 2.91. The summed E-state index contributed by atoms with van der Waals surface area (Å²) in [7, 11) is 0. The molecule has 5 nitrogen and oxygen atoms in total. The second-order valence-electron chi connectivity index (χ2n) is 7.06. The van der Waals surface area contributed by atoms with E-state index in [2.05, 4.69) is 41.1 Å². The lowest BCUT2D eigenvalue weighted by atomic mass is 10.1. The second kappa shape index (κ2) is 11.0. The van der Waals surface area contributed by atoms with Crippen LogP contribution in [0.5, 0.6) is 0 Å². The van der Waals surface area contributed by atoms with Crippen molar-refractivity contribution < 1.29 is 4.79 Å². The van der Waals surface area contributed by atoms with Gasteiger partial charge >= 0.3 is 0 Å². The Labute approximate surface area is 169 Å². The smallest absolute Gasteiger partial charge is 0.253 e. The Bertz CT molecular complexity index is 537. The molecule has 0 unspecified atom stereocenters. The fraction of sp³-hybridized carbons (Fsp3) is 0.632. The molecule has 0 atom stereocenters. The van der Waals surface area contributed by atoms with Gasteiger partial charge in [0.25, 0.3) is 5.91 Å². The van der Waals surface area contributed by atoms with Crippen LogP contribution in [0.1, 0.15) is 30.6 Å². The SMILES string of the molecule is CC(C)N1CCN(c2ccc(C(=O)N3CCCNCC3)cc2)CC1.Cl.Cl. The van der Waals surface area contributed by atoms with Crippen LogP contribution in [0.4, 0.5) is 5.69 Å². The third-order valence-corrected chi connectivity index (χ3v) is 5.15. The second-order valence-corrected chi connectivity index (χ2v) is 7.06. The maximum Gasteiger partial charge on any atom is 0.253 e. The van der Waals surface area contributed by atoms with Gasteiger partial charge in [-0.2, -0.15) is 0 Å². The minimum atomic E-state index is 0. The Balaban J connectivity index is 0.00000169. The van der Waals surface area contributed by atoms with E-state index in [0.717, 1.165) is 64.3 Å². The molecule has 3 rings (SSSR count). The van der Waals surface area contributed by atoms with Gasteiger partial charge < -0.3 is 15.1 Å². The van der Waals surface area contributed by atoms with E-state index in [1.165, 1.54) is 5.69 Å². The van der Waals surface area contributed by atoms with Crippen molar-refractivity contribution in [3.05, 3.63) is 29.8 Å². The zero-order valence-electron chi connectivity index (χ0n) is 15.8. The lowest BCUT2D eigenvalue weighted by molar-refractivity contribution is 0.0766. The normalized spacial score (nSPS) is 18.7. The molecule has 2 heterocycles. The molecule has 0 radical (unpaired) electrons. The molecule has 0 spiro atoms. The van der Waals surface area contributed by atoms with E-state index in [4.69, 9.17) is 0 Å². The molecule has 0 aromatic heterocycles. The highest BCUT2D eigenvalue weighted by molar-refractivity contribution is 5.94. The molecule has 26 heavy (non-hydrogen) atoms. The van der Waals surface area contributed by atoms with E-state index >= 15 is 0 Å². The van der Waals surface area contributed by atoms with Crippen LogP contribution in [0.15, 0.2) is 24.3 Å². The maximum atomic E-state index is 12.6. The van der Waals surface area contributed by atoms with Crippen LogP contribution in [-0.4, -0.2) is 74.1 Å². The Kier molecular flexibility index (Phi) is 9.72. The zero-order chi connectivity index (χ0) is 16.9. The highest BCUT2D eigenvalue weighted by atomic mass is 35.5. The quantitative estimate of drug-likeness (QED) is 0.842. The van der Waals surface area contributed by atoms with Gasteiger partial charge in [-0.25, -0.2) is 0 Å². The Morgan fingerprint density at radius 3 is 2.19 bits per heavy atom. The third kappa shape index (κ3) is 5.74. The van der Waals surface area contributed by atoms with Crippen LogP contribution >= 0.6 is 24.8 Å². The van der Waals surface area contributed by atoms with Gasteiger partial charge in [-0.1, -0.05) is 0 Å². The number of benzene rings is 1. The van der Waals surface area contributed by atoms with E-state index in [1.807, 2.05) is 17.0 Å². The van der Waals surface area contributed by atoms with Gasteiger partial charge in [0.15, 0.2) is 0 Å². The molecular weight excluding hydrogens is 371 g/mol. The van der Waals surface area contributed by atoms with Crippen molar-refractivity contribution in [2.75, 3.05) is 57.3 Å². The number of nitrogens with zero attached hydrogens (tertiary/aromatic N) is 3. The Morgan fingerprint density at radius 2 is 1.58 bits per heavy atom. The van der Waals surface area contributed by atoms with Gasteiger partial charge in [-0.05, 0) is 51.1 Å². The predicted molar refractivity (Wildman–Crippen MR) is 113 cm³/mol. The molecule has 1 amide bonds. The predicted octanol–water partition coefficient (Wildman–Crippen LogP) is 2.50. The summed E-state index contributed by atoms with van der Waals surface area (Å²) in [5.41, 5.74) is 2.04. The molecule has 0 aliphatic carbocycles. The summed E-state index contributed by atoms with van der Waals surface area (Å²) in [4.78, 5) is 19.5. The number of halogens is 2. The first kappa shape index (κ1) is 23.0. The van der Waals surface area contributed by atoms with E-state index in [1.54, 1.807) is 0 Å². The molecule has 148 valence electrons. The number of nitrogens with one attached hydrogen (secondary N) is 1. The number of hydrogen-bond donors (Lipinski definition) is 1. The van der Waals surface area contributed by atoms with Crippen molar-refractivity contribution >= 4 is 36.4 Å². The van der Waals surface area contributed by atoms with E-state index in [-0.39, 0.29) is 30.7 Å². The maximum absolute atomic E-state index is 12.6. The summed E-state index contributed by atoms with van der Waals surface area (Å²) in [6.07, 6.45) is 1.03. The molecule has 0 bridgehead atoms. The first-order chi connectivity index (χ1) is 11.6. The zero-order valence-corrected chi connectivity index (χ0v) is 17.5. The fourth-order valence-electron chi connectivity index (χ4n) is 3.54. The molecule has 1 N–H and O–H groups in total. The van der Waals surface area contributed by atoms with Gasteiger partial charge in [0.05, 0.1) is 0 Å². The standard InChI is InChI=1S/C19H30N4O.2ClH/c1-16(2)21-12-14-22(15-13-21)18-6-4-17(5-7-18)19(24)23-10-3-8-20-9-11-23;;/h4-7,16,20H,3,8-15H2,1-2H3;2*1H. The van der Waals surface area contributed by atoms with Crippen LogP contribution in [0.2, 0.25) is 0 Å². The van der Waals surface area contributed by atoms with Crippen LogP contribution in [0.25, 0.3) is 0 Å². The van der Waals surface area contributed by atoms with Crippen molar-refractivity contribution in [3.8, 4) is 0 Å². The Morgan fingerprint density at radius 1 is 0.923 bits per heavy atom. The number of hydrogen-bond acceptors (Lipinski definition) is 4. The number of carbonyl (C=O) groups is 1. The highest BCUT2D eigenvalue weighted by Crippen LogP contribution is 2.19. The van der Waals surface area contributed by atoms with Gasteiger partial charge in [0.1, 0.15) is 0 Å². The van der Waals surface area contributed by atoms with Gasteiger partial charge in [-0.15, -0.1) is 24.8 Å². The molecule has 7 heteroatoms. The first-order valence-corrected chi connectivity index (χ1v) is 9.24. The van der Waals surface area contributed by atoms with Crippen LogP contribution in [-0.2, 0) is 0 Å². The largest absolute Gasteiger partial charge is 0.369 e. The molecule has 1 aromatic rings. The molecule has 2 saturated heterocycles. The summed E-state index contributed by atoms with van der Waals surface area (Å²) in [5, 5.41) is 3.34. The number of anilines is 1. The lowest BCUT2D eigenvalue weighted by Crippen LogP contribution is -2.48. The van der Waals surface area contributed by atoms with Crippen molar-refractivity contribution in [3.63, 3.8) is 0 Å². The average molecular weight is 403 g/mol. The van der Waals surface area contributed by atoms with E-state index in [9.17, 15) is 4.79 Å². The molecule has 2 aliphatic rings. The minimum Gasteiger partial charge on any atom is -0.369 e. The molecule has 1 aromatic carbocycles. The van der Waals surface area contributed by atoms with Crippen molar-refractivity contribution in [2.24, 2.45) is 0 Å². The Hall–Kier alpha value is -1.01. The number of rotatable bonds is 3. The van der Waals surface area contributed by atoms with Crippen molar-refractivity contribution in [1.82, 2.24) is 15.1 Å². The fourth-order valence-corrected chi connectivity index (χ4v) is 3.54. The third-order valence-electron chi connectivity index (χ3n) is 5.15. The first-order valence-electron chi connectivity index (χ1n) is 9.24.